The maximum atomic E-state index is 12.3. The van der Waals surface area contributed by atoms with Crippen LogP contribution in [0.25, 0.3) is 5.65 Å². The van der Waals surface area contributed by atoms with Gasteiger partial charge in [-0.05, 0) is 43.7 Å². The predicted octanol–water partition coefficient (Wildman–Crippen LogP) is 4.80. The second-order valence-electron chi connectivity index (χ2n) is 7.73. The van der Waals surface area contributed by atoms with Crippen LogP contribution in [0.5, 0.6) is 0 Å². The summed E-state index contributed by atoms with van der Waals surface area (Å²) < 4.78 is 2.01. The highest BCUT2D eigenvalue weighted by molar-refractivity contribution is 5.95. The molecular formula is C21H26N4O. The summed E-state index contributed by atoms with van der Waals surface area (Å²) in [5.74, 6) is 0.00569. The van der Waals surface area contributed by atoms with Gasteiger partial charge in [-0.1, -0.05) is 32.9 Å². The van der Waals surface area contributed by atoms with E-state index in [1.54, 1.807) is 0 Å². The van der Waals surface area contributed by atoms with Crippen LogP contribution in [0.3, 0.4) is 0 Å². The molecule has 0 bridgehead atoms. The zero-order valence-electron chi connectivity index (χ0n) is 16.0. The van der Waals surface area contributed by atoms with E-state index >= 15 is 0 Å². The van der Waals surface area contributed by atoms with Crippen LogP contribution in [-0.2, 0) is 4.79 Å². The van der Waals surface area contributed by atoms with E-state index in [1.807, 2.05) is 80.9 Å². The van der Waals surface area contributed by atoms with Crippen molar-refractivity contribution in [2.75, 3.05) is 10.6 Å². The fourth-order valence-corrected chi connectivity index (χ4v) is 2.64. The molecule has 3 aromatic rings. The third-order valence-electron chi connectivity index (χ3n) is 4.38. The number of hydrogen-bond donors (Lipinski definition) is 2. The first-order valence-corrected chi connectivity index (χ1v) is 8.86. The van der Waals surface area contributed by atoms with E-state index in [0.717, 1.165) is 28.3 Å². The van der Waals surface area contributed by atoms with Crippen molar-refractivity contribution < 1.29 is 4.79 Å². The number of anilines is 2. The van der Waals surface area contributed by atoms with Crippen LogP contribution in [0.2, 0.25) is 0 Å². The number of pyridine rings is 1. The molecule has 5 nitrogen and oxygen atoms in total. The van der Waals surface area contributed by atoms with Gasteiger partial charge in [0, 0.05) is 29.2 Å². The number of carbonyl (C=O) groups is 1. The number of fused-ring (bicyclic) bond motifs is 1. The third kappa shape index (κ3) is 3.87. The molecule has 5 heteroatoms. The van der Waals surface area contributed by atoms with Crippen molar-refractivity contribution in [2.45, 2.75) is 40.7 Å². The van der Waals surface area contributed by atoms with Gasteiger partial charge in [0.2, 0.25) is 5.91 Å². The van der Waals surface area contributed by atoms with E-state index in [0.29, 0.717) is 0 Å². The minimum Gasteiger partial charge on any atom is -0.377 e. The van der Waals surface area contributed by atoms with E-state index in [4.69, 9.17) is 0 Å². The first kappa shape index (κ1) is 18.0. The Morgan fingerprint density at radius 3 is 2.65 bits per heavy atom. The first-order valence-electron chi connectivity index (χ1n) is 8.86. The normalized spacial score (nSPS) is 12.8. The molecule has 1 aromatic carbocycles. The summed E-state index contributed by atoms with van der Waals surface area (Å²) in [6.07, 6.45) is 4.02. The molecule has 0 saturated heterocycles. The third-order valence-corrected chi connectivity index (χ3v) is 4.38. The van der Waals surface area contributed by atoms with Crippen molar-refractivity contribution >= 4 is 22.9 Å². The number of aromatic nitrogens is 2. The molecule has 0 spiro atoms. The molecule has 1 amide bonds. The molecule has 1 atom stereocenters. The lowest BCUT2D eigenvalue weighted by Crippen LogP contribution is -2.28. The number of rotatable bonds is 4. The standard InChI is InChI=1S/C21H26N4O/c1-14-9-10-16(12-17(14)24-20(26)21(3,4)5)22-15(2)18-13-25-11-7-6-8-19(25)23-18/h6-13,15,22H,1-5H3,(H,24,26)/t15-/m0/s1. The molecular weight excluding hydrogens is 324 g/mol. The molecule has 2 aromatic heterocycles. The smallest absolute Gasteiger partial charge is 0.229 e. The topological polar surface area (TPSA) is 58.4 Å². The van der Waals surface area contributed by atoms with Crippen LogP contribution in [0.4, 0.5) is 11.4 Å². The Bertz CT molecular complexity index is 904. The van der Waals surface area contributed by atoms with E-state index in [1.165, 1.54) is 0 Å². The van der Waals surface area contributed by atoms with Gasteiger partial charge >= 0.3 is 0 Å². The monoisotopic (exact) mass is 350 g/mol. The second kappa shape index (κ2) is 6.83. The van der Waals surface area contributed by atoms with Gasteiger partial charge in [-0.25, -0.2) is 4.98 Å². The minimum absolute atomic E-state index is 0.00569. The maximum Gasteiger partial charge on any atom is 0.229 e. The Labute approximate surface area is 154 Å². The van der Waals surface area contributed by atoms with Crippen molar-refractivity contribution in [1.29, 1.82) is 0 Å². The lowest BCUT2D eigenvalue weighted by atomic mass is 9.95. The summed E-state index contributed by atoms with van der Waals surface area (Å²) in [5, 5.41) is 6.50. The van der Waals surface area contributed by atoms with Crippen LogP contribution in [0, 0.1) is 12.3 Å². The van der Waals surface area contributed by atoms with Crippen molar-refractivity contribution in [2.24, 2.45) is 5.41 Å². The van der Waals surface area contributed by atoms with Crippen molar-refractivity contribution in [1.82, 2.24) is 9.38 Å². The SMILES string of the molecule is Cc1ccc(N[C@@H](C)c2cn3ccccc3n2)cc1NC(=O)C(C)(C)C. The molecule has 0 fully saturated rings. The van der Waals surface area contributed by atoms with Gasteiger partial charge in [-0.2, -0.15) is 0 Å². The molecule has 136 valence electrons. The van der Waals surface area contributed by atoms with E-state index < -0.39 is 5.41 Å². The molecule has 0 unspecified atom stereocenters. The van der Waals surface area contributed by atoms with Crippen LogP contribution < -0.4 is 10.6 Å². The Balaban J connectivity index is 1.79. The van der Waals surface area contributed by atoms with Gasteiger partial charge in [0.25, 0.3) is 0 Å². The number of hydrogen-bond acceptors (Lipinski definition) is 3. The number of aryl methyl sites for hydroxylation is 1. The fraction of sp³-hybridized carbons (Fsp3) is 0.333. The molecule has 0 aliphatic rings. The number of benzene rings is 1. The lowest BCUT2D eigenvalue weighted by molar-refractivity contribution is -0.123. The van der Waals surface area contributed by atoms with Crippen LogP contribution >= 0.6 is 0 Å². The Morgan fingerprint density at radius 1 is 1.19 bits per heavy atom. The number of nitrogens with zero attached hydrogens (tertiary/aromatic N) is 2. The number of amides is 1. The number of carbonyl (C=O) groups excluding carboxylic acids is 1. The highest BCUT2D eigenvalue weighted by Gasteiger charge is 2.22. The molecule has 3 rings (SSSR count). The Morgan fingerprint density at radius 2 is 1.96 bits per heavy atom. The molecule has 2 N–H and O–H groups in total. The van der Waals surface area contributed by atoms with Crippen molar-refractivity contribution in [3.05, 3.63) is 60.0 Å². The summed E-state index contributed by atoms with van der Waals surface area (Å²) in [4.78, 5) is 17.0. The zero-order valence-corrected chi connectivity index (χ0v) is 16.0. The summed E-state index contributed by atoms with van der Waals surface area (Å²) in [6.45, 7) is 9.80. The zero-order chi connectivity index (χ0) is 18.9. The minimum atomic E-state index is -0.431. The van der Waals surface area contributed by atoms with Crippen molar-refractivity contribution in [3.63, 3.8) is 0 Å². The quantitative estimate of drug-likeness (QED) is 0.710. The molecule has 0 radical (unpaired) electrons. The molecule has 0 saturated carbocycles. The first-order chi connectivity index (χ1) is 12.2. The van der Waals surface area contributed by atoms with E-state index in [-0.39, 0.29) is 11.9 Å². The van der Waals surface area contributed by atoms with Gasteiger partial charge in [-0.3, -0.25) is 4.79 Å². The average molecular weight is 350 g/mol. The van der Waals surface area contributed by atoms with Crippen LogP contribution in [0.1, 0.15) is 45.0 Å². The van der Waals surface area contributed by atoms with Crippen molar-refractivity contribution in [3.8, 4) is 0 Å². The summed E-state index contributed by atoms with van der Waals surface area (Å²) in [7, 11) is 0. The molecule has 2 heterocycles. The second-order valence-corrected chi connectivity index (χ2v) is 7.73. The molecule has 26 heavy (non-hydrogen) atoms. The largest absolute Gasteiger partial charge is 0.377 e. The Kier molecular flexibility index (Phi) is 4.72. The molecule has 0 aliphatic heterocycles. The highest BCUT2D eigenvalue weighted by Crippen LogP contribution is 2.26. The van der Waals surface area contributed by atoms with E-state index in [2.05, 4.69) is 22.5 Å². The van der Waals surface area contributed by atoms with Gasteiger partial charge in [0.15, 0.2) is 0 Å². The predicted molar refractivity (Wildman–Crippen MR) is 106 cm³/mol. The maximum absolute atomic E-state index is 12.3. The average Bonchev–Trinajstić information content (AvgIpc) is 3.01. The fourth-order valence-electron chi connectivity index (χ4n) is 2.64. The van der Waals surface area contributed by atoms with Gasteiger partial charge in [-0.15, -0.1) is 0 Å². The lowest BCUT2D eigenvalue weighted by Gasteiger charge is -2.20. The summed E-state index contributed by atoms with van der Waals surface area (Å²) in [5.41, 5.74) is 4.28. The summed E-state index contributed by atoms with van der Waals surface area (Å²) >= 11 is 0. The highest BCUT2D eigenvalue weighted by atomic mass is 16.2. The van der Waals surface area contributed by atoms with Gasteiger partial charge in [0.1, 0.15) is 5.65 Å². The van der Waals surface area contributed by atoms with Crippen LogP contribution in [-0.4, -0.2) is 15.3 Å². The molecule has 0 aliphatic carbocycles. The number of nitrogens with one attached hydrogen (secondary N) is 2. The van der Waals surface area contributed by atoms with E-state index in [9.17, 15) is 4.79 Å². The van der Waals surface area contributed by atoms with Gasteiger partial charge in [0.05, 0.1) is 11.7 Å². The van der Waals surface area contributed by atoms with Crippen LogP contribution in [0.15, 0.2) is 48.8 Å². The summed E-state index contributed by atoms with van der Waals surface area (Å²) in [6, 6.07) is 12.0. The Hall–Kier alpha value is -2.82. The number of imidazole rings is 1. The van der Waals surface area contributed by atoms with Gasteiger partial charge < -0.3 is 15.0 Å².